The van der Waals surface area contributed by atoms with Crippen LogP contribution in [0.4, 0.5) is 0 Å². The number of allylic oxidation sites excluding steroid dienone is 1. The largest absolute Gasteiger partial charge is 0.505 e. The molecule has 0 spiro atoms. The van der Waals surface area contributed by atoms with Gasteiger partial charge in [-0.2, -0.15) is 0 Å². The molecule has 2 N–H and O–H groups in total. The van der Waals surface area contributed by atoms with E-state index in [1.165, 1.54) is 6.20 Å². The van der Waals surface area contributed by atoms with Gasteiger partial charge >= 0.3 is 0 Å². The average Bonchev–Trinajstić information content (AvgIpc) is 1.92. The van der Waals surface area contributed by atoms with Crippen molar-refractivity contribution in [2.45, 2.75) is 26.3 Å². The molecule has 0 bridgehead atoms. The maximum atomic E-state index is 9.13. The Balaban J connectivity index is 2.79. The minimum absolute atomic E-state index is 0.0582. The number of hydrogen-bond donors (Lipinski definition) is 2. The quantitative estimate of drug-likeness (QED) is 0.611. The third kappa shape index (κ3) is 1.85. The Kier molecular flexibility index (Phi) is 2.24. The van der Waals surface area contributed by atoms with E-state index in [2.05, 4.69) is 5.43 Å². The van der Waals surface area contributed by atoms with Crippen molar-refractivity contribution in [3.8, 4) is 0 Å². The predicted octanol–water partition coefficient (Wildman–Crippen LogP) is 2.08. The molecule has 0 aromatic heterocycles. The molecule has 1 aliphatic heterocycles. The second-order valence-corrected chi connectivity index (χ2v) is 4.08. The van der Waals surface area contributed by atoms with E-state index in [0.717, 1.165) is 0 Å². The SMILES string of the molecule is CC(C)(C)N1C=C(Cl)C(O)=CN1. The number of nitrogens with zero attached hydrogens (tertiary/aromatic N) is 1. The fourth-order valence-electron chi connectivity index (χ4n) is 0.804. The zero-order valence-electron chi connectivity index (χ0n) is 7.43. The Morgan fingerprint density at radius 3 is 2.50 bits per heavy atom. The number of nitrogens with one attached hydrogen (secondary N) is 1. The van der Waals surface area contributed by atoms with Gasteiger partial charge in [0.1, 0.15) is 5.03 Å². The molecule has 1 heterocycles. The first kappa shape index (κ1) is 9.26. The summed E-state index contributed by atoms with van der Waals surface area (Å²) >= 11 is 5.73. The van der Waals surface area contributed by atoms with Crippen molar-refractivity contribution in [2.75, 3.05) is 0 Å². The minimum Gasteiger partial charge on any atom is -0.505 e. The predicted molar refractivity (Wildman–Crippen MR) is 49.4 cm³/mol. The first-order valence-corrected chi connectivity index (χ1v) is 4.11. The zero-order chi connectivity index (χ0) is 9.35. The standard InChI is InChI=1S/C8H13ClN2O/c1-8(2,3)11-5-6(9)7(12)4-10-11/h4-5,10,12H,1-3H3. The Hall–Kier alpha value is -0.830. The normalized spacial score (nSPS) is 18.2. The van der Waals surface area contributed by atoms with Crippen LogP contribution in [0.2, 0.25) is 0 Å². The van der Waals surface area contributed by atoms with Gasteiger partial charge < -0.3 is 10.5 Å². The van der Waals surface area contributed by atoms with Crippen molar-refractivity contribution >= 4 is 11.6 Å². The molecule has 0 amide bonds. The Bertz CT molecular complexity index is 240. The van der Waals surface area contributed by atoms with Gasteiger partial charge in [-0.1, -0.05) is 11.6 Å². The summed E-state index contributed by atoms with van der Waals surface area (Å²) in [4.78, 5) is 0. The van der Waals surface area contributed by atoms with Crippen LogP contribution in [0.15, 0.2) is 23.2 Å². The highest BCUT2D eigenvalue weighted by atomic mass is 35.5. The van der Waals surface area contributed by atoms with E-state index >= 15 is 0 Å². The molecular weight excluding hydrogens is 176 g/mol. The van der Waals surface area contributed by atoms with E-state index in [4.69, 9.17) is 16.7 Å². The molecule has 0 fully saturated rings. The molecule has 1 aliphatic rings. The monoisotopic (exact) mass is 188 g/mol. The van der Waals surface area contributed by atoms with Gasteiger partial charge in [-0.3, -0.25) is 5.01 Å². The zero-order valence-corrected chi connectivity index (χ0v) is 8.18. The summed E-state index contributed by atoms with van der Waals surface area (Å²) in [7, 11) is 0. The van der Waals surface area contributed by atoms with Crippen molar-refractivity contribution in [3.63, 3.8) is 0 Å². The lowest BCUT2D eigenvalue weighted by atomic mass is 10.1. The summed E-state index contributed by atoms with van der Waals surface area (Å²) in [5.74, 6) is 0.0668. The molecule has 3 nitrogen and oxygen atoms in total. The Morgan fingerprint density at radius 2 is 2.08 bits per heavy atom. The second-order valence-electron chi connectivity index (χ2n) is 3.68. The van der Waals surface area contributed by atoms with Crippen molar-refractivity contribution < 1.29 is 5.11 Å². The lowest BCUT2D eigenvalue weighted by Gasteiger charge is -2.36. The second kappa shape index (κ2) is 2.90. The molecule has 12 heavy (non-hydrogen) atoms. The van der Waals surface area contributed by atoms with Crippen LogP contribution in [0.25, 0.3) is 0 Å². The topological polar surface area (TPSA) is 35.5 Å². The van der Waals surface area contributed by atoms with E-state index in [9.17, 15) is 0 Å². The third-order valence-electron chi connectivity index (χ3n) is 1.55. The van der Waals surface area contributed by atoms with E-state index in [-0.39, 0.29) is 11.3 Å². The van der Waals surface area contributed by atoms with Crippen LogP contribution >= 0.6 is 11.6 Å². The molecule has 0 aromatic rings. The molecule has 1 rings (SSSR count). The fourth-order valence-corrected chi connectivity index (χ4v) is 0.956. The van der Waals surface area contributed by atoms with Gasteiger partial charge in [0.05, 0.1) is 11.7 Å². The van der Waals surface area contributed by atoms with Gasteiger partial charge in [-0.25, -0.2) is 0 Å². The number of aliphatic hydroxyl groups is 1. The summed E-state index contributed by atoms with van der Waals surface area (Å²) in [6.45, 7) is 6.12. The van der Waals surface area contributed by atoms with Crippen molar-refractivity contribution in [1.29, 1.82) is 0 Å². The van der Waals surface area contributed by atoms with Crippen LogP contribution in [-0.2, 0) is 0 Å². The molecule has 0 aliphatic carbocycles. The summed E-state index contributed by atoms with van der Waals surface area (Å²) in [5.41, 5.74) is 2.84. The average molecular weight is 189 g/mol. The number of hydrazine groups is 1. The molecule has 0 atom stereocenters. The highest BCUT2D eigenvalue weighted by Crippen LogP contribution is 2.20. The molecule has 4 heteroatoms. The lowest BCUT2D eigenvalue weighted by Crippen LogP contribution is -2.45. The summed E-state index contributed by atoms with van der Waals surface area (Å²) < 4.78 is 0. The van der Waals surface area contributed by atoms with Gasteiger partial charge in [0.15, 0.2) is 5.76 Å². The first-order valence-electron chi connectivity index (χ1n) is 3.73. The summed E-state index contributed by atoms with van der Waals surface area (Å²) in [6, 6.07) is 0. The van der Waals surface area contributed by atoms with Crippen LogP contribution in [0, 0.1) is 0 Å². The van der Waals surface area contributed by atoms with E-state index in [0.29, 0.717) is 5.03 Å². The number of rotatable bonds is 0. The Morgan fingerprint density at radius 1 is 1.50 bits per heavy atom. The van der Waals surface area contributed by atoms with E-state index in [1.807, 2.05) is 25.8 Å². The smallest absolute Gasteiger partial charge is 0.153 e. The van der Waals surface area contributed by atoms with E-state index < -0.39 is 0 Å². The Labute approximate surface area is 77.3 Å². The van der Waals surface area contributed by atoms with Crippen LogP contribution in [0.1, 0.15) is 20.8 Å². The molecule has 0 radical (unpaired) electrons. The summed E-state index contributed by atoms with van der Waals surface area (Å²) in [6.07, 6.45) is 3.13. The minimum atomic E-state index is -0.0582. The molecule has 0 saturated heterocycles. The molecule has 68 valence electrons. The van der Waals surface area contributed by atoms with Crippen molar-refractivity contribution in [2.24, 2.45) is 0 Å². The van der Waals surface area contributed by atoms with Crippen LogP contribution in [-0.4, -0.2) is 15.7 Å². The lowest BCUT2D eigenvalue weighted by molar-refractivity contribution is 0.153. The van der Waals surface area contributed by atoms with Gasteiger partial charge in [0.25, 0.3) is 0 Å². The first-order chi connectivity index (χ1) is 5.41. The third-order valence-corrected chi connectivity index (χ3v) is 1.84. The number of aliphatic hydroxyl groups excluding tert-OH is 1. The van der Waals surface area contributed by atoms with Crippen LogP contribution < -0.4 is 5.43 Å². The molecular formula is C8H13ClN2O. The summed E-state index contributed by atoms with van der Waals surface area (Å²) in [5, 5.41) is 11.3. The number of hydrogen-bond acceptors (Lipinski definition) is 3. The molecule has 0 unspecified atom stereocenters. The number of halogens is 1. The van der Waals surface area contributed by atoms with Gasteiger partial charge in [0.2, 0.25) is 0 Å². The van der Waals surface area contributed by atoms with Crippen molar-refractivity contribution in [1.82, 2.24) is 10.4 Å². The maximum absolute atomic E-state index is 9.13. The molecule has 0 saturated carbocycles. The van der Waals surface area contributed by atoms with Gasteiger partial charge in [0, 0.05) is 6.20 Å². The molecule has 0 aromatic carbocycles. The van der Waals surface area contributed by atoms with E-state index in [1.54, 1.807) is 6.20 Å². The fraction of sp³-hybridized carbons (Fsp3) is 0.500. The van der Waals surface area contributed by atoms with Gasteiger partial charge in [-0.15, -0.1) is 0 Å². The highest BCUT2D eigenvalue weighted by Gasteiger charge is 2.21. The van der Waals surface area contributed by atoms with Crippen LogP contribution in [0.5, 0.6) is 0 Å². The van der Waals surface area contributed by atoms with Gasteiger partial charge in [-0.05, 0) is 20.8 Å². The van der Waals surface area contributed by atoms with Crippen LogP contribution in [0.3, 0.4) is 0 Å². The highest BCUT2D eigenvalue weighted by molar-refractivity contribution is 6.31. The van der Waals surface area contributed by atoms with Crippen molar-refractivity contribution in [3.05, 3.63) is 23.2 Å². The maximum Gasteiger partial charge on any atom is 0.153 e.